The van der Waals surface area contributed by atoms with Crippen molar-refractivity contribution in [3.8, 4) is 0 Å². The molecule has 0 bridgehead atoms. The van der Waals surface area contributed by atoms with Gasteiger partial charge in [-0.05, 0) is 22.4 Å². The third kappa shape index (κ3) is 1.73. The van der Waals surface area contributed by atoms with Crippen molar-refractivity contribution in [3.05, 3.63) is 47.0 Å². The Labute approximate surface area is 93.6 Å². The van der Waals surface area contributed by atoms with Crippen LogP contribution in [0.4, 0.5) is 0 Å². The average molecular weight is 219 g/mol. The zero-order valence-corrected chi connectivity index (χ0v) is 9.00. The minimum atomic E-state index is 0.383. The van der Waals surface area contributed by atoms with Gasteiger partial charge in [-0.3, -0.25) is 0 Å². The first-order valence-electron chi connectivity index (χ1n) is 5.12. The van der Waals surface area contributed by atoms with Crippen LogP contribution in [0.15, 0.2) is 36.4 Å². The summed E-state index contributed by atoms with van der Waals surface area (Å²) in [6, 6.07) is 12.4. The second kappa shape index (κ2) is 3.51. The molecule has 15 heavy (non-hydrogen) atoms. The van der Waals surface area contributed by atoms with Gasteiger partial charge in [-0.25, -0.2) is 0 Å². The Morgan fingerprint density at radius 1 is 1.20 bits per heavy atom. The quantitative estimate of drug-likeness (QED) is 0.704. The largest absolute Gasteiger partial charge is 0.373 e. The van der Waals surface area contributed by atoms with Gasteiger partial charge in [0, 0.05) is 11.4 Å². The molecule has 0 saturated carbocycles. The van der Waals surface area contributed by atoms with Gasteiger partial charge in [0.05, 0.1) is 12.7 Å². The first kappa shape index (κ1) is 9.20. The predicted molar refractivity (Wildman–Crippen MR) is 62.4 cm³/mol. The van der Waals surface area contributed by atoms with Gasteiger partial charge in [0.15, 0.2) is 0 Å². The lowest BCUT2D eigenvalue weighted by atomic mass is 10.0. The molecule has 2 aromatic carbocycles. The summed E-state index contributed by atoms with van der Waals surface area (Å²) < 4.78 is 5.26. The van der Waals surface area contributed by atoms with Crippen LogP contribution in [0, 0.1) is 0 Å². The fourth-order valence-electron chi connectivity index (χ4n) is 1.93. The molecule has 1 aliphatic heterocycles. The monoisotopic (exact) mass is 218 g/mol. The Kier molecular flexibility index (Phi) is 2.15. The van der Waals surface area contributed by atoms with Gasteiger partial charge < -0.3 is 4.74 Å². The lowest BCUT2D eigenvalue weighted by molar-refractivity contribution is 0.408. The second-order valence-corrected chi connectivity index (χ2v) is 4.31. The molecule has 1 unspecified atom stereocenters. The van der Waals surface area contributed by atoms with Crippen LogP contribution in [0.2, 0.25) is 5.02 Å². The molecule has 0 aliphatic carbocycles. The standard InChI is InChI=1S/C13H11ClO/c14-13-6-5-9-3-1-2-4-11(9)12(13)7-10-8-15-10/h1-6,10H,7-8H2. The van der Waals surface area contributed by atoms with Crippen LogP contribution in [0.5, 0.6) is 0 Å². The summed E-state index contributed by atoms with van der Waals surface area (Å²) in [5, 5.41) is 3.35. The van der Waals surface area contributed by atoms with Crippen molar-refractivity contribution in [3.63, 3.8) is 0 Å². The number of epoxide rings is 1. The van der Waals surface area contributed by atoms with E-state index in [1.807, 2.05) is 12.1 Å². The number of fused-ring (bicyclic) bond motifs is 1. The van der Waals surface area contributed by atoms with E-state index in [9.17, 15) is 0 Å². The van der Waals surface area contributed by atoms with Crippen molar-refractivity contribution in [1.29, 1.82) is 0 Å². The molecule has 0 aromatic heterocycles. The number of ether oxygens (including phenoxy) is 1. The van der Waals surface area contributed by atoms with Crippen molar-refractivity contribution < 1.29 is 4.74 Å². The Bertz CT molecular complexity index is 503. The highest BCUT2D eigenvalue weighted by molar-refractivity contribution is 6.32. The van der Waals surface area contributed by atoms with Gasteiger partial charge in [-0.2, -0.15) is 0 Å². The molecule has 1 fully saturated rings. The Morgan fingerprint density at radius 3 is 2.80 bits per heavy atom. The Morgan fingerprint density at radius 2 is 2.00 bits per heavy atom. The molecular formula is C13H11ClO. The molecule has 3 rings (SSSR count). The maximum absolute atomic E-state index is 6.22. The Hall–Kier alpha value is -1.05. The van der Waals surface area contributed by atoms with Crippen LogP contribution in [0.3, 0.4) is 0 Å². The summed E-state index contributed by atoms with van der Waals surface area (Å²) in [7, 11) is 0. The summed E-state index contributed by atoms with van der Waals surface area (Å²) >= 11 is 6.22. The third-order valence-electron chi connectivity index (χ3n) is 2.82. The van der Waals surface area contributed by atoms with E-state index in [2.05, 4.69) is 24.3 Å². The molecule has 0 N–H and O–H groups in total. The van der Waals surface area contributed by atoms with Crippen molar-refractivity contribution in [2.75, 3.05) is 6.61 Å². The highest BCUT2D eigenvalue weighted by Crippen LogP contribution is 2.29. The lowest BCUT2D eigenvalue weighted by Crippen LogP contribution is -1.95. The predicted octanol–water partition coefficient (Wildman–Crippen LogP) is 3.43. The van der Waals surface area contributed by atoms with Crippen LogP contribution < -0.4 is 0 Å². The smallest absolute Gasteiger partial charge is 0.0850 e. The van der Waals surface area contributed by atoms with Crippen LogP contribution in [0.25, 0.3) is 10.8 Å². The fraction of sp³-hybridized carbons (Fsp3) is 0.231. The van der Waals surface area contributed by atoms with E-state index in [-0.39, 0.29) is 0 Å². The summed E-state index contributed by atoms with van der Waals surface area (Å²) in [6.07, 6.45) is 1.31. The number of halogens is 1. The summed E-state index contributed by atoms with van der Waals surface area (Å²) in [5.74, 6) is 0. The lowest BCUT2D eigenvalue weighted by Gasteiger charge is -2.07. The molecule has 1 heterocycles. The van der Waals surface area contributed by atoms with Gasteiger partial charge in [0.1, 0.15) is 0 Å². The van der Waals surface area contributed by atoms with Gasteiger partial charge in [-0.1, -0.05) is 41.9 Å². The average Bonchev–Trinajstić information content (AvgIpc) is 3.06. The minimum absolute atomic E-state index is 0.383. The van der Waals surface area contributed by atoms with Crippen molar-refractivity contribution in [2.24, 2.45) is 0 Å². The van der Waals surface area contributed by atoms with Crippen molar-refractivity contribution >= 4 is 22.4 Å². The SMILES string of the molecule is Clc1ccc2ccccc2c1CC1CO1. The van der Waals surface area contributed by atoms with Crippen LogP contribution >= 0.6 is 11.6 Å². The molecule has 1 atom stereocenters. The maximum atomic E-state index is 6.22. The maximum Gasteiger partial charge on any atom is 0.0850 e. The molecule has 2 heteroatoms. The minimum Gasteiger partial charge on any atom is -0.373 e. The van der Waals surface area contributed by atoms with E-state index >= 15 is 0 Å². The summed E-state index contributed by atoms with van der Waals surface area (Å²) in [4.78, 5) is 0. The number of benzene rings is 2. The van der Waals surface area contributed by atoms with Gasteiger partial charge in [0.25, 0.3) is 0 Å². The topological polar surface area (TPSA) is 12.5 Å². The van der Waals surface area contributed by atoms with Gasteiger partial charge >= 0.3 is 0 Å². The first-order valence-corrected chi connectivity index (χ1v) is 5.50. The van der Waals surface area contributed by atoms with Gasteiger partial charge in [0.2, 0.25) is 0 Å². The normalized spacial score (nSPS) is 19.4. The zero-order chi connectivity index (χ0) is 10.3. The number of hydrogen-bond acceptors (Lipinski definition) is 1. The fourth-order valence-corrected chi connectivity index (χ4v) is 2.17. The van der Waals surface area contributed by atoms with Crippen molar-refractivity contribution in [1.82, 2.24) is 0 Å². The highest BCUT2D eigenvalue weighted by atomic mass is 35.5. The summed E-state index contributed by atoms with van der Waals surface area (Å²) in [6.45, 7) is 0.875. The molecule has 1 aliphatic rings. The molecule has 0 amide bonds. The highest BCUT2D eigenvalue weighted by Gasteiger charge is 2.24. The molecule has 1 saturated heterocycles. The number of rotatable bonds is 2. The van der Waals surface area contributed by atoms with E-state index in [0.717, 1.165) is 18.1 Å². The van der Waals surface area contributed by atoms with Crippen LogP contribution in [-0.2, 0) is 11.2 Å². The molecule has 2 aromatic rings. The molecule has 76 valence electrons. The van der Waals surface area contributed by atoms with E-state index in [4.69, 9.17) is 16.3 Å². The Balaban J connectivity index is 2.18. The van der Waals surface area contributed by atoms with E-state index in [0.29, 0.717) is 6.10 Å². The molecule has 0 radical (unpaired) electrons. The zero-order valence-electron chi connectivity index (χ0n) is 8.24. The van der Waals surface area contributed by atoms with Crippen LogP contribution in [-0.4, -0.2) is 12.7 Å². The first-order chi connectivity index (χ1) is 7.34. The van der Waals surface area contributed by atoms with E-state index in [1.54, 1.807) is 0 Å². The third-order valence-corrected chi connectivity index (χ3v) is 3.17. The molecule has 0 spiro atoms. The summed E-state index contributed by atoms with van der Waals surface area (Å²) in [5.41, 5.74) is 1.22. The number of hydrogen-bond donors (Lipinski definition) is 0. The van der Waals surface area contributed by atoms with E-state index < -0.39 is 0 Å². The van der Waals surface area contributed by atoms with Crippen LogP contribution in [0.1, 0.15) is 5.56 Å². The van der Waals surface area contributed by atoms with Gasteiger partial charge in [-0.15, -0.1) is 0 Å². The van der Waals surface area contributed by atoms with E-state index in [1.165, 1.54) is 16.3 Å². The second-order valence-electron chi connectivity index (χ2n) is 3.91. The van der Waals surface area contributed by atoms with Crippen molar-refractivity contribution in [2.45, 2.75) is 12.5 Å². The molecular weight excluding hydrogens is 208 g/mol. The molecule has 1 nitrogen and oxygen atoms in total.